The zero-order valence-corrected chi connectivity index (χ0v) is 15.8. The summed E-state index contributed by atoms with van der Waals surface area (Å²) < 4.78 is 0. The predicted octanol–water partition coefficient (Wildman–Crippen LogP) is 2.07. The summed E-state index contributed by atoms with van der Waals surface area (Å²) in [5.74, 6) is -1.34. The van der Waals surface area contributed by atoms with Gasteiger partial charge in [-0.3, -0.25) is 14.8 Å². The number of hydrogen-bond donors (Lipinski definition) is 4. The number of nitrogen functional groups attached to an aromatic ring is 1. The molecule has 0 fully saturated rings. The molecule has 2 aromatic heterocycles. The molecule has 0 radical (unpaired) electrons. The van der Waals surface area contributed by atoms with Crippen LogP contribution in [0.4, 0.5) is 5.69 Å². The topological polar surface area (TPSA) is 142 Å². The monoisotopic (exact) mass is 382 g/mol. The Morgan fingerprint density at radius 1 is 1.11 bits per heavy atom. The van der Waals surface area contributed by atoms with Gasteiger partial charge < -0.3 is 15.8 Å². The molecular weight excluding hydrogens is 360 g/mol. The molecule has 8 nitrogen and oxygen atoms in total. The van der Waals surface area contributed by atoms with E-state index in [0.29, 0.717) is 0 Å². The molecular formula is C20H22N4O4. The van der Waals surface area contributed by atoms with Crippen LogP contribution < -0.4 is 17.0 Å². The van der Waals surface area contributed by atoms with Crippen molar-refractivity contribution >= 4 is 22.6 Å². The third kappa shape index (κ3) is 3.80. The number of aromatic carboxylic acids is 1. The second-order valence-electron chi connectivity index (χ2n) is 6.89. The number of benzene rings is 1. The van der Waals surface area contributed by atoms with Gasteiger partial charge in [-0.1, -0.05) is 12.1 Å². The van der Waals surface area contributed by atoms with Gasteiger partial charge in [-0.05, 0) is 56.2 Å². The molecule has 0 bridgehead atoms. The van der Waals surface area contributed by atoms with Crippen LogP contribution in [0.5, 0.6) is 0 Å². The Kier molecular flexibility index (Phi) is 5.30. The number of hydrogen-bond acceptors (Lipinski definition) is 5. The fraction of sp³-hybridized carbons (Fsp3) is 0.300. The Morgan fingerprint density at radius 3 is 2.46 bits per heavy atom. The molecule has 0 unspecified atom stereocenters. The van der Waals surface area contributed by atoms with E-state index in [9.17, 15) is 14.4 Å². The van der Waals surface area contributed by atoms with E-state index in [1.165, 1.54) is 40.6 Å². The lowest BCUT2D eigenvalue weighted by Crippen LogP contribution is -2.24. The molecule has 0 saturated carbocycles. The third-order valence-corrected chi connectivity index (χ3v) is 4.86. The lowest BCUT2D eigenvalue weighted by molar-refractivity contribution is 0.0689. The first-order chi connectivity index (χ1) is 13.3. The standard InChI is InChI=1S/C15H18N2.C5H4N2O4/c1-9-7-8-10(2)15-13(9)14(16)11-5-3-4-6-12(11)17-15;8-3-1-2(4(9)10)6-5(11)7-3/h7-8H,3-6H2,1-2H3,(H2,16,17);1H,(H,9,10)(H2,6,7,8,11). The molecule has 28 heavy (non-hydrogen) atoms. The van der Waals surface area contributed by atoms with Gasteiger partial charge in [-0.15, -0.1) is 0 Å². The molecule has 8 heteroatoms. The predicted molar refractivity (Wildman–Crippen MR) is 107 cm³/mol. The maximum absolute atomic E-state index is 10.5. The zero-order chi connectivity index (χ0) is 20.4. The summed E-state index contributed by atoms with van der Waals surface area (Å²) in [4.78, 5) is 39.7. The second kappa shape index (κ2) is 7.67. The molecule has 4 rings (SSSR count). The van der Waals surface area contributed by atoms with Gasteiger partial charge in [0, 0.05) is 22.8 Å². The van der Waals surface area contributed by atoms with E-state index in [-0.39, 0.29) is 0 Å². The average molecular weight is 382 g/mol. The maximum atomic E-state index is 10.5. The molecule has 3 aromatic rings. The number of aryl methyl sites for hydroxylation is 3. The highest BCUT2D eigenvalue weighted by Crippen LogP contribution is 2.33. The fourth-order valence-corrected chi connectivity index (χ4v) is 3.45. The molecule has 5 N–H and O–H groups in total. The fourth-order valence-electron chi connectivity index (χ4n) is 3.45. The number of aromatic amines is 2. The van der Waals surface area contributed by atoms with Gasteiger partial charge in [0.05, 0.1) is 5.52 Å². The van der Waals surface area contributed by atoms with Gasteiger partial charge in [0.15, 0.2) is 0 Å². The summed E-state index contributed by atoms with van der Waals surface area (Å²) in [5.41, 5.74) is 11.5. The molecule has 0 amide bonds. The van der Waals surface area contributed by atoms with Crippen molar-refractivity contribution in [3.8, 4) is 0 Å². The molecule has 1 aliphatic carbocycles. The van der Waals surface area contributed by atoms with Gasteiger partial charge in [-0.25, -0.2) is 9.59 Å². The van der Waals surface area contributed by atoms with Crippen LogP contribution in [-0.4, -0.2) is 26.0 Å². The van der Waals surface area contributed by atoms with E-state index in [2.05, 4.69) is 26.0 Å². The smallest absolute Gasteiger partial charge is 0.352 e. The molecule has 146 valence electrons. The average Bonchev–Trinajstić information content (AvgIpc) is 2.64. The van der Waals surface area contributed by atoms with Crippen molar-refractivity contribution in [2.24, 2.45) is 0 Å². The minimum atomic E-state index is -1.34. The Labute approximate surface area is 160 Å². The lowest BCUT2D eigenvalue weighted by Gasteiger charge is -2.20. The van der Waals surface area contributed by atoms with Crippen LogP contribution in [0.3, 0.4) is 0 Å². The minimum absolute atomic E-state index is 0.418. The summed E-state index contributed by atoms with van der Waals surface area (Å²) in [6.45, 7) is 4.23. The van der Waals surface area contributed by atoms with Crippen LogP contribution in [0, 0.1) is 13.8 Å². The quantitative estimate of drug-likeness (QED) is 0.507. The number of nitrogens with zero attached hydrogens (tertiary/aromatic N) is 1. The van der Waals surface area contributed by atoms with Crippen LogP contribution in [0.25, 0.3) is 10.9 Å². The van der Waals surface area contributed by atoms with Crippen LogP contribution in [0.2, 0.25) is 0 Å². The number of aromatic nitrogens is 3. The van der Waals surface area contributed by atoms with Crippen molar-refractivity contribution < 1.29 is 9.90 Å². The molecule has 0 atom stereocenters. The first-order valence-electron chi connectivity index (χ1n) is 9.02. The number of carboxylic acids is 1. The third-order valence-electron chi connectivity index (χ3n) is 4.86. The number of carbonyl (C=O) groups is 1. The largest absolute Gasteiger partial charge is 0.477 e. The van der Waals surface area contributed by atoms with E-state index < -0.39 is 22.9 Å². The number of anilines is 1. The molecule has 0 aliphatic heterocycles. The highest BCUT2D eigenvalue weighted by Gasteiger charge is 2.18. The summed E-state index contributed by atoms with van der Waals surface area (Å²) in [6.07, 6.45) is 4.67. The number of nitrogens with two attached hydrogens (primary N) is 1. The SMILES string of the molecule is Cc1ccc(C)c2c(N)c3c(nc12)CCCC3.O=C(O)c1cc(=O)[nH]c(=O)[nH]1. The van der Waals surface area contributed by atoms with E-state index in [1.54, 1.807) is 0 Å². The Hall–Kier alpha value is -3.42. The summed E-state index contributed by atoms with van der Waals surface area (Å²) in [5, 5.41) is 9.48. The summed E-state index contributed by atoms with van der Waals surface area (Å²) >= 11 is 0. The molecule has 0 saturated heterocycles. The van der Waals surface area contributed by atoms with Gasteiger partial charge in [-0.2, -0.15) is 0 Å². The summed E-state index contributed by atoms with van der Waals surface area (Å²) in [6, 6.07) is 5.08. The van der Waals surface area contributed by atoms with Gasteiger partial charge in [0.2, 0.25) is 0 Å². The van der Waals surface area contributed by atoms with Crippen LogP contribution in [0.15, 0.2) is 27.8 Å². The zero-order valence-electron chi connectivity index (χ0n) is 15.8. The number of pyridine rings is 1. The molecule has 0 spiro atoms. The number of H-pyrrole nitrogens is 2. The number of nitrogens with one attached hydrogen (secondary N) is 2. The molecule has 2 heterocycles. The minimum Gasteiger partial charge on any atom is -0.477 e. The lowest BCUT2D eigenvalue weighted by atomic mass is 9.91. The Balaban J connectivity index is 0.000000178. The number of fused-ring (bicyclic) bond motifs is 2. The highest BCUT2D eigenvalue weighted by molar-refractivity contribution is 5.96. The van der Waals surface area contributed by atoms with E-state index in [4.69, 9.17) is 15.8 Å². The van der Waals surface area contributed by atoms with Crippen LogP contribution >= 0.6 is 0 Å². The second-order valence-corrected chi connectivity index (χ2v) is 6.89. The van der Waals surface area contributed by atoms with Crippen molar-refractivity contribution in [3.05, 3.63) is 67.1 Å². The van der Waals surface area contributed by atoms with Crippen molar-refractivity contribution in [1.82, 2.24) is 15.0 Å². The van der Waals surface area contributed by atoms with Gasteiger partial charge in [0.1, 0.15) is 5.69 Å². The van der Waals surface area contributed by atoms with Crippen molar-refractivity contribution in [2.45, 2.75) is 39.5 Å². The van der Waals surface area contributed by atoms with E-state index in [0.717, 1.165) is 30.1 Å². The first-order valence-corrected chi connectivity index (χ1v) is 9.02. The Morgan fingerprint density at radius 2 is 1.79 bits per heavy atom. The van der Waals surface area contributed by atoms with Crippen molar-refractivity contribution in [3.63, 3.8) is 0 Å². The Bertz CT molecular complexity index is 1150. The molecule has 1 aromatic carbocycles. The molecule has 1 aliphatic rings. The van der Waals surface area contributed by atoms with E-state index >= 15 is 0 Å². The highest BCUT2D eigenvalue weighted by atomic mass is 16.4. The maximum Gasteiger partial charge on any atom is 0.352 e. The van der Waals surface area contributed by atoms with Crippen molar-refractivity contribution in [1.29, 1.82) is 0 Å². The number of carboxylic acid groups (broad SMARTS) is 1. The van der Waals surface area contributed by atoms with Gasteiger partial charge >= 0.3 is 11.7 Å². The normalized spacial score (nSPS) is 12.8. The van der Waals surface area contributed by atoms with Gasteiger partial charge in [0.25, 0.3) is 5.56 Å². The van der Waals surface area contributed by atoms with E-state index in [1.807, 2.05) is 9.97 Å². The van der Waals surface area contributed by atoms with Crippen molar-refractivity contribution in [2.75, 3.05) is 5.73 Å². The number of rotatable bonds is 1. The first kappa shape index (κ1) is 19.3. The summed E-state index contributed by atoms with van der Waals surface area (Å²) in [7, 11) is 0. The van der Waals surface area contributed by atoms with Crippen LogP contribution in [0.1, 0.15) is 45.7 Å². The van der Waals surface area contributed by atoms with Crippen LogP contribution in [-0.2, 0) is 12.8 Å².